The summed E-state index contributed by atoms with van der Waals surface area (Å²) in [4.78, 5) is 21.2. The van der Waals surface area contributed by atoms with Crippen LogP contribution in [0.4, 0.5) is 19.1 Å². The number of alkyl halides is 3. The number of hydrogen-bond donors (Lipinski definition) is 1. The highest BCUT2D eigenvalue weighted by Gasteiger charge is 2.34. The Morgan fingerprint density at radius 1 is 1.26 bits per heavy atom. The van der Waals surface area contributed by atoms with Crippen LogP contribution in [0.15, 0.2) is 30.7 Å². The second-order valence-electron chi connectivity index (χ2n) is 7.30. The highest BCUT2D eigenvalue weighted by molar-refractivity contribution is 5.73. The van der Waals surface area contributed by atoms with E-state index in [1.54, 1.807) is 27.6 Å². The van der Waals surface area contributed by atoms with Crippen LogP contribution in [0.25, 0.3) is 5.65 Å². The monoisotopic (exact) mass is 430 g/mol. The van der Waals surface area contributed by atoms with Gasteiger partial charge in [-0.3, -0.25) is 9.20 Å². The van der Waals surface area contributed by atoms with Gasteiger partial charge in [0.2, 0.25) is 11.9 Å². The molecule has 0 unspecified atom stereocenters. The lowest BCUT2D eigenvalue weighted by Gasteiger charge is -2.37. The van der Waals surface area contributed by atoms with Crippen LogP contribution in [0.2, 0.25) is 0 Å². The Kier molecular flexibility index (Phi) is 5.18. The predicted molar refractivity (Wildman–Crippen MR) is 102 cm³/mol. The third-order valence-corrected chi connectivity index (χ3v) is 5.14. The van der Waals surface area contributed by atoms with Crippen molar-refractivity contribution in [3.63, 3.8) is 0 Å². The summed E-state index contributed by atoms with van der Waals surface area (Å²) in [6, 6.07) is 5.02. The van der Waals surface area contributed by atoms with Gasteiger partial charge >= 0.3 is 6.18 Å². The molecule has 1 fully saturated rings. The van der Waals surface area contributed by atoms with Crippen molar-refractivity contribution >= 4 is 17.5 Å². The molecule has 1 aliphatic rings. The standard InChI is InChI=1S/C19H17F3N8O/c1-11(31)29-9-13(17-28-27-16-4-12(6-23)2-3-30(16)17)5-15(10-29)26-18-24-7-14(8-25-18)19(20,21)22/h2-4,7-8,13,15H,5,9-10H2,1H3,(H,24,25,26)/t13-,15+/m1/s1. The fourth-order valence-corrected chi connectivity index (χ4v) is 3.64. The van der Waals surface area contributed by atoms with E-state index in [1.165, 1.54) is 6.92 Å². The molecule has 12 heteroatoms. The molecule has 1 aliphatic heterocycles. The molecule has 0 radical (unpaired) electrons. The van der Waals surface area contributed by atoms with E-state index < -0.39 is 11.7 Å². The first-order chi connectivity index (χ1) is 14.7. The molecule has 0 saturated carbocycles. The van der Waals surface area contributed by atoms with E-state index in [4.69, 9.17) is 5.26 Å². The minimum absolute atomic E-state index is 0.0481. The predicted octanol–water partition coefficient (Wildman–Crippen LogP) is 2.23. The molecule has 3 aromatic rings. The van der Waals surface area contributed by atoms with Gasteiger partial charge < -0.3 is 10.2 Å². The van der Waals surface area contributed by atoms with Crippen LogP contribution in [-0.4, -0.2) is 54.5 Å². The summed E-state index contributed by atoms with van der Waals surface area (Å²) in [6.45, 7) is 2.23. The largest absolute Gasteiger partial charge is 0.419 e. The number of likely N-dealkylation sites (tertiary alicyclic amines) is 1. The van der Waals surface area contributed by atoms with Gasteiger partial charge in [-0.05, 0) is 12.5 Å². The van der Waals surface area contributed by atoms with Gasteiger partial charge in [0.15, 0.2) is 5.65 Å². The Morgan fingerprint density at radius 2 is 2.00 bits per heavy atom. The van der Waals surface area contributed by atoms with Gasteiger partial charge in [0.1, 0.15) is 5.82 Å². The van der Waals surface area contributed by atoms with E-state index in [-0.39, 0.29) is 23.8 Å². The van der Waals surface area contributed by atoms with Gasteiger partial charge in [-0.25, -0.2) is 9.97 Å². The summed E-state index contributed by atoms with van der Waals surface area (Å²) >= 11 is 0. The molecule has 3 aromatic heterocycles. The lowest BCUT2D eigenvalue weighted by atomic mass is 9.93. The molecule has 4 rings (SSSR count). The number of aromatic nitrogens is 5. The van der Waals surface area contributed by atoms with Gasteiger partial charge in [-0.1, -0.05) is 0 Å². The third-order valence-electron chi connectivity index (χ3n) is 5.14. The lowest BCUT2D eigenvalue weighted by Crippen LogP contribution is -2.48. The summed E-state index contributed by atoms with van der Waals surface area (Å²) in [6.07, 6.45) is -0.833. The summed E-state index contributed by atoms with van der Waals surface area (Å²) in [7, 11) is 0. The number of carbonyl (C=O) groups is 1. The van der Waals surface area contributed by atoms with Crippen LogP contribution in [0.3, 0.4) is 0 Å². The number of pyridine rings is 1. The fraction of sp³-hybridized carbons (Fsp3) is 0.368. The van der Waals surface area contributed by atoms with E-state index in [0.29, 0.717) is 36.5 Å². The summed E-state index contributed by atoms with van der Waals surface area (Å²) in [5, 5.41) is 20.4. The molecule has 1 saturated heterocycles. The second kappa shape index (κ2) is 7.82. The molecular weight excluding hydrogens is 413 g/mol. The number of halogens is 3. The molecule has 0 aliphatic carbocycles. The zero-order valence-corrected chi connectivity index (χ0v) is 16.3. The van der Waals surface area contributed by atoms with E-state index in [0.717, 1.165) is 12.4 Å². The van der Waals surface area contributed by atoms with E-state index in [9.17, 15) is 18.0 Å². The maximum Gasteiger partial charge on any atom is 0.419 e. The summed E-state index contributed by atoms with van der Waals surface area (Å²) in [5.74, 6) is 0.357. The highest BCUT2D eigenvalue weighted by atomic mass is 19.4. The average molecular weight is 430 g/mol. The van der Waals surface area contributed by atoms with Crippen LogP contribution >= 0.6 is 0 Å². The molecular formula is C19H17F3N8O. The SMILES string of the molecule is CC(=O)N1C[C@@H](Nc2ncc(C(F)(F)F)cn2)C[C@@H](c2nnc3cc(C#N)ccn23)C1. The normalized spacial score (nSPS) is 19.3. The van der Waals surface area contributed by atoms with Crippen molar-refractivity contribution in [1.29, 1.82) is 5.26 Å². The number of hydrogen-bond acceptors (Lipinski definition) is 7. The number of fused-ring (bicyclic) bond motifs is 1. The molecule has 1 amide bonds. The number of anilines is 1. The Bertz CT molecular complexity index is 1150. The van der Waals surface area contributed by atoms with E-state index >= 15 is 0 Å². The van der Waals surface area contributed by atoms with Crippen molar-refractivity contribution < 1.29 is 18.0 Å². The van der Waals surface area contributed by atoms with Crippen LogP contribution in [0.5, 0.6) is 0 Å². The topological polar surface area (TPSA) is 112 Å². The molecule has 9 nitrogen and oxygen atoms in total. The number of carbonyl (C=O) groups excluding carboxylic acids is 1. The van der Waals surface area contributed by atoms with Crippen molar-refractivity contribution in [2.75, 3.05) is 18.4 Å². The van der Waals surface area contributed by atoms with Crippen LogP contribution in [0, 0.1) is 11.3 Å². The molecule has 31 heavy (non-hydrogen) atoms. The molecule has 0 bridgehead atoms. The number of nitriles is 1. The van der Waals surface area contributed by atoms with Gasteiger partial charge in [0, 0.05) is 56.6 Å². The molecule has 1 N–H and O–H groups in total. The number of nitrogens with one attached hydrogen (secondary N) is 1. The molecule has 0 aromatic carbocycles. The van der Waals surface area contributed by atoms with Crippen LogP contribution < -0.4 is 5.32 Å². The van der Waals surface area contributed by atoms with Gasteiger partial charge in [0.25, 0.3) is 0 Å². The average Bonchev–Trinajstić information content (AvgIpc) is 3.16. The van der Waals surface area contributed by atoms with Crippen molar-refractivity contribution in [3.8, 4) is 6.07 Å². The summed E-state index contributed by atoms with van der Waals surface area (Å²) < 4.78 is 39.9. The number of piperidine rings is 1. The van der Waals surface area contributed by atoms with Gasteiger partial charge in [0.05, 0.1) is 17.2 Å². The second-order valence-corrected chi connectivity index (χ2v) is 7.30. The van der Waals surface area contributed by atoms with Crippen molar-refractivity contribution in [1.82, 2.24) is 29.5 Å². The fourth-order valence-electron chi connectivity index (χ4n) is 3.64. The van der Waals surface area contributed by atoms with Crippen molar-refractivity contribution in [2.24, 2.45) is 0 Å². The first-order valence-corrected chi connectivity index (χ1v) is 9.40. The van der Waals surface area contributed by atoms with Crippen molar-refractivity contribution in [2.45, 2.75) is 31.5 Å². The minimum Gasteiger partial charge on any atom is -0.350 e. The van der Waals surface area contributed by atoms with E-state index in [1.807, 2.05) is 6.07 Å². The zero-order valence-electron chi connectivity index (χ0n) is 16.3. The van der Waals surface area contributed by atoms with Gasteiger partial charge in [-0.15, -0.1) is 10.2 Å². The molecule has 2 atom stereocenters. The van der Waals surface area contributed by atoms with Crippen LogP contribution in [-0.2, 0) is 11.0 Å². The molecule has 0 spiro atoms. The van der Waals surface area contributed by atoms with Crippen LogP contribution in [0.1, 0.15) is 36.2 Å². The van der Waals surface area contributed by atoms with E-state index in [2.05, 4.69) is 25.5 Å². The third kappa shape index (κ3) is 4.25. The number of amides is 1. The Morgan fingerprint density at radius 3 is 2.65 bits per heavy atom. The first-order valence-electron chi connectivity index (χ1n) is 9.40. The quantitative estimate of drug-likeness (QED) is 0.678. The Hall–Kier alpha value is -3.75. The number of rotatable bonds is 3. The smallest absolute Gasteiger partial charge is 0.350 e. The Labute approximate surface area is 174 Å². The molecule has 4 heterocycles. The first kappa shape index (κ1) is 20.5. The highest BCUT2D eigenvalue weighted by Crippen LogP contribution is 2.30. The zero-order chi connectivity index (χ0) is 22.2. The number of nitrogens with zero attached hydrogens (tertiary/aromatic N) is 7. The maximum absolute atomic E-state index is 12.7. The minimum atomic E-state index is -4.51. The van der Waals surface area contributed by atoms with Crippen molar-refractivity contribution in [3.05, 3.63) is 47.7 Å². The summed E-state index contributed by atoms with van der Waals surface area (Å²) in [5.41, 5.74) is 0.0423. The Balaban J connectivity index is 1.58. The maximum atomic E-state index is 12.7. The van der Waals surface area contributed by atoms with Gasteiger partial charge in [-0.2, -0.15) is 18.4 Å². The lowest BCUT2D eigenvalue weighted by molar-refractivity contribution is -0.138. The molecule has 160 valence electrons.